The first-order chi connectivity index (χ1) is 9.69. The molecule has 0 bridgehead atoms. The van der Waals surface area contributed by atoms with Gasteiger partial charge < -0.3 is 9.40 Å². The molecule has 2 aromatic heterocycles. The van der Waals surface area contributed by atoms with E-state index in [9.17, 15) is 0 Å². The number of furan rings is 1. The zero-order valence-electron chi connectivity index (χ0n) is 12.3. The third-order valence-corrected chi connectivity index (χ3v) is 4.79. The molecular weight excluding hydrogens is 248 g/mol. The minimum absolute atomic E-state index is 1.02. The van der Waals surface area contributed by atoms with Crippen LogP contribution >= 0.6 is 0 Å². The predicted octanol–water partition coefficient (Wildman–Crippen LogP) is 3.91. The second kappa shape index (κ2) is 4.13. The molecule has 0 spiro atoms. The van der Waals surface area contributed by atoms with Crippen LogP contribution < -0.4 is 0 Å². The molecule has 3 heteroatoms. The number of aromatic nitrogens is 1. The Balaban J connectivity index is 2.08. The highest BCUT2D eigenvalue weighted by Gasteiger charge is 2.22. The lowest BCUT2D eigenvalue weighted by Crippen LogP contribution is -2.29. The molecule has 0 amide bonds. The Bertz CT molecular complexity index is 809. The van der Waals surface area contributed by atoms with Crippen LogP contribution in [0.5, 0.6) is 0 Å². The number of nitrogens with one attached hydrogen (secondary N) is 1. The van der Waals surface area contributed by atoms with Crippen molar-refractivity contribution in [2.75, 3.05) is 13.1 Å². The van der Waals surface area contributed by atoms with Gasteiger partial charge in [-0.1, -0.05) is 6.92 Å². The van der Waals surface area contributed by atoms with Gasteiger partial charge in [0.2, 0.25) is 0 Å². The van der Waals surface area contributed by atoms with Crippen molar-refractivity contribution >= 4 is 21.9 Å². The average molecular weight is 268 g/mol. The summed E-state index contributed by atoms with van der Waals surface area (Å²) in [6, 6.07) is 4.26. The lowest BCUT2D eigenvalue weighted by Gasteiger charge is -2.25. The van der Waals surface area contributed by atoms with Crippen molar-refractivity contribution in [3.05, 3.63) is 34.7 Å². The molecule has 0 saturated carbocycles. The van der Waals surface area contributed by atoms with Crippen molar-refractivity contribution in [2.24, 2.45) is 0 Å². The number of hydrogen-bond donors (Lipinski definition) is 1. The molecule has 20 heavy (non-hydrogen) atoms. The van der Waals surface area contributed by atoms with Crippen LogP contribution in [0, 0.1) is 13.8 Å². The van der Waals surface area contributed by atoms with Crippen molar-refractivity contribution in [2.45, 2.75) is 33.7 Å². The largest absolute Gasteiger partial charge is 0.461 e. The van der Waals surface area contributed by atoms with E-state index in [2.05, 4.69) is 42.8 Å². The smallest absolute Gasteiger partial charge is 0.135 e. The van der Waals surface area contributed by atoms with Crippen molar-refractivity contribution in [1.82, 2.24) is 9.88 Å². The highest BCUT2D eigenvalue weighted by atomic mass is 16.3. The SMILES string of the molecule is CCN1CCc2[nH]c3ccc4oc(C)c(C)c4c3c2C1. The van der Waals surface area contributed by atoms with Gasteiger partial charge in [0.15, 0.2) is 0 Å². The van der Waals surface area contributed by atoms with Gasteiger partial charge in [-0.3, -0.25) is 4.90 Å². The highest BCUT2D eigenvalue weighted by Crippen LogP contribution is 2.37. The quantitative estimate of drug-likeness (QED) is 0.725. The van der Waals surface area contributed by atoms with E-state index in [1.807, 2.05) is 0 Å². The number of fused-ring (bicyclic) bond motifs is 5. The van der Waals surface area contributed by atoms with Gasteiger partial charge in [-0.2, -0.15) is 0 Å². The molecule has 1 N–H and O–H groups in total. The molecule has 0 atom stereocenters. The summed E-state index contributed by atoms with van der Waals surface area (Å²) in [5.74, 6) is 1.03. The Labute approximate surface area is 118 Å². The van der Waals surface area contributed by atoms with Gasteiger partial charge >= 0.3 is 0 Å². The summed E-state index contributed by atoms with van der Waals surface area (Å²) in [5.41, 5.74) is 6.44. The maximum absolute atomic E-state index is 5.89. The zero-order chi connectivity index (χ0) is 13.9. The van der Waals surface area contributed by atoms with Crippen LogP contribution in [0.2, 0.25) is 0 Å². The summed E-state index contributed by atoms with van der Waals surface area (Å²) in [6.07, 6.45) is 1.12. The monoisotopic (exact) mass is 268 g/mol. The van der Waals surface area contributed by atoms with E-state index < -0.39 is 0 Å². The Morgan fingerprint density at radius 1 is 1.25 bits per heavy atom. The van der Waals surface area contributed by atoms with Gasteiger partial charge in [-0.15, -0.1) is 0 Å². The molecule has 0 fully saturated rings. The maximum atomic E-state index is 5.89. The summed E-state index contributed by atoms with van der Waals surface area (Å²) in [7, 11) is 0. The third-order valence-electron chi connectivity index (χ3n) is 4.79. The van der Waals surface area contributed by atoms with E-state index >= 15 is 0 Å². The Hall–Kier alpha value is -1.74. The van der Waals surface area contributed by atoms with Gasteiger partial charge in [0.05, 0.1) is 0 Å². The van der Waals surface area contributed by atoms with Gasteiger partial charge in [0, 0.05) is 41.5 Å². The summed E-state index contributed by atoms with van der Waals surface area (Å²) in [4.78, 5) is 6.13. The fourth-order valence-electron chi connectivity index (χ4n) is 3.50. The number of nitrogens with zero attached hydrogens (tertiary/aromatic N) is 1. The van der Waals surface area contributed by atoms with Crippen molar-refractivity contribution in [1.29, 1.82) is 0 Å². The molecule has 0 unspecified atom stereocenters. The first-order valence-corrected chi connectivity index (χ1v) is 7.43. The molecule has 1 aliphatic heterocycles. The fraction of sp³-hybridized carbons (Fsp3) is 0.412. The second-order valence-corrected chi connectivity index (χ2v) is 5.85. The topological polar surface area (TPSA) is 32.2 Å². The molecular formula is C17H20N2O. The molecule has 0 aliphatic carbocycles. The molecule has 1 aliphatic rings. The molecule has 3 heterocycles. The summed E-state index contributed by atoms with van der Waals surface area (Å²) < 4.78 is 5.89. The van der Waals surface area contributed by atoms with Crippen LogP contribution in [0.4, 0.5) is 0 Å². The summed E-state index contributed by atoms with van der Waals surface area (Å²) in [6.45, 7) is 9.78. The van der Waals surface area contributed by atoms with Crippen molar-refractivity contribution in [3.63, 3.8) is 0 Å². The standard InChI is InChI=1S/C17H20N2O/c1-4-19-8-7-13-12(9-19)17-14(18-13)5-6-15-16(17)10(2)11(3)20-15/h5-6,18H,4,7-9H2,1-3H3. The van der Waals surface area contributed by atoms with Gasteiger partial charge in [0.1, 0.15) is 11.3 Å². The van der Waals surface area contributed by atoms with Crippen LogP contribution in [0.1, 0.15) is 29.5 Å². The first-order valence-electron chi connectivity index (χ1n) is 7.43. The van der Waals surface area contributed by atoms with E-state index in [1.54, 1.807) is 0 Å². The van der Waals surface area contributed by atoms with Gasteiger partial charge in [0.25, 0.3) is 0 Å². The van der Waals surface area contributed by atoms with E-state index in [-0.39, 0.29) is 0 Å². The predicted molar refractivity (Wildman–Crippen MR) is 82.2 cm³/mol. The highest BCUT2D eigenvalue weighted by molar-refractivity contribution is 6.09. The number of aryl methyl sites for hydroxylation is 2. The molecule has 4 rings (SSSR count). The number of aromatic amines is 1. The Morgan fingerprint density at radius 2 is 2.10 bits per heavy atom. The van der Waals surface area contributed by atoms with Crippen LogP contribution in [0.15, 0.2) is 16.5 Å². The molecule has 104 valence electrons. The van der Waals surface area contributed by atoms with Gasteiger partial charge in [-0.25, -0.2) is 0 Å². The van der Waals surface area contributed by atoms with Crippen LogP contribution in [-0.2, 0) is 13.0 Å². The van der Waals surface area contributed by atoms with Gasteiger partial charge in [-0.05, 0) is 43.7 Å². The van der Waals surface area contributed by atoms with Crippen molar-refractivity contribution < 1.29 is 4.42 Å². The summed E-state index contributed by atoms with van der Waals surface area (Å²) in [5, 5.41) is 2.68. The van der Waals surface area contributed by atoms with Crippen LogP contribution in [-0.4, -0.2) is 23.0 Å². The van der Waals surface area contributed by atoms with E-state index in [4.69, 9.17) is 4.42 Å². The number of benzene rings is 1. The van der Waals surface area contributed by atoms with Crippen molar-refractivity contribution in [3.8, 4) is 0 Å². The maximum Gasteiger partial charge on any atom is 0.135 e. The number of H-pyrrole nitrogens is 1. The first kappa shape index (κ1) is 12.0. The zero-order valence-corrected chi connectivity index (χ0v) is 12.3. The lowest BCUT2D eigenvalue weighted by atomic mass is 10.00. The molecule has 3 nitrogen and oxygen atoms in total. The van der Waals surface area contributed by atoms with Crippen LogP contribution in [0.3, 0.4) is 0 Å². The number of likely N-dealkylation sites (N-methyl/N-ethyl adjacent to an activating group) is 1. The third kappa shape index (κ3) is 1.50. The average Bonchev–Trinajstić information content (AvgIpc) is 2.96. The minimum Gasteiger partial charge on any atom is -0.461 e. The second-order valence-electron chi connectivity index (χ2n) is 5.85. The van der Waals surface area contributed by atoms with E-state index in [0.717, 1.165) is 37.4 Å². The molecule has 3 aromatic rings. The van der Waals surface area contributed by atoms with E-state index in [1.165, 1.54) is 33.1 Å². The van der Waals surface area contributed by atoms with E-state index in [0.29, 0.717) is 0 Å². The number of rotatable bonds is 1. The molecule has 1 aromatic carbocycles. The lowest BCUT2D eigenvalue weighted by molar-refractivity contribution is 0.268. The Kier molecular flexibility index (Phi) is 2.48. The molecule has 0 saturated heterocycles. The van der Waals surface area contributed by atoms with Crippen LogP contribution in [0.25, 0.3) is 21.9 Å². The normalized spacial score (nSPS) is 16.1. The molecule has 0 radical (unpaired) electrons. The fourth-order valence-corrected chi connectivity index (χ4v) is 3.50. The Morgan fingerprint density at radius 3 is 2.90 bits per heavy atom. The number of hydrogen-bond acceptors (Lipinski definition) is 2. The summed E-state index contributed by atoms with van der Waals surface area (Å²) >= 11 is 0. The minimum atomic E-state index is 1.02.